The summed E-state index contributed by atoms with van der Waals surface area (Å²) in [5.41, 5.74) is -0.220. The Hall–Kier alpha value is -0.200. The highest BCUT2D eigenvalue weighted by Gasteiger charge is 2.37. The van der Waals surface area contributed by atoms with E-state index in [9.17, 15) is 5.11 Å². The normalized spacial score (nSPS) is 29.4. The van der Waals surface area contributed by atoms with Gasteiger partial charge >= 0.3 is 0 Å². The smallest absolute Gasteiger partial charge is 0.0971 e. The van der Waals surface area contributed by atoms with E-state index in [0.717, 1.165) is 26.1 Å². The molecule has 0 aliphatic carbocycles. The van der Waals surface area contributed by atoms with Gasteiger partial charge in [-0.15, -0.1) is 0 Å². The lowest BCUT2D eigenvalue weighted by atomic mass is 9.94. The fourth-order valence-corrected chi connectivity index (χ4v) is 2.98. The first-order valence-electron chi connectivity index (χ1n) is 7.15. The Balaban J connectivity index is 2.56. The van der Waals surface area contributed by atoms with Crippen LogP contribution in [0.15, 0.2) is 0 Å². The van der Waals surface area contributed by atoms with Crippen LogP contribution in [0.25, 0.3) is 0 Å². The lowest BCUT2D eigenvalue weighted by Crippen LogP contribution is -2.50. The van der Waals surface area contributed by atoms with Gasteiger partial charge in [-0.2, -0.15) is 0 Å². The number of likely N-dealkylation sites (N-methyl/N-ethyl adjacent to an activating group) is 1. The van der Waals surface area contributed by atoms with E-state index in [-0.39, 0.29) is 24.4 Å². The number of methoxy groups -OCH3 is 2. The van der Waals surface area contributed by atoms with Crippen LogP contribution in [0, 0.1) is 0 Å². The molecule has 0 amide bonds. The van der Waals surface area contributed by atoms with E-state index in [4.69, 9.17) is 9.47 Å². The third kappa shape index (κ3) is 4.39. The molecule has 1 saturated heterocycles. The Morgan fingerprint density at radius 3 is 2.21 bits per heavy atom. The van der Waals surface area contributed by atoms with E-state index in [1.165, 1.54) is 0 Å². The minimum Gasteiger partial charge on any atom is -0.394 e. The summed E-state index contributed by atoms with van der Waals surface area (Å²) in [7, 11) is 3.47. The second-order valence-electron chi connectivity index (χ2n) is 5.80. The topological polar surface area (TPSA) is 54.0 Å². The van der Waals surface area contributed by atoms with Crippen LogP contribution in [-0.4, -0.2) is 74.3 Å². The molecule has 5 nitrogen and oxygen atoms in total. The molecule has 114 valence electrons. The molecule has 0 radical (unpaired) electrons. The van der Waals surface area contributed by atoms with E-state index in [0.29, 0.717) is 6.04 Å². The summed E-state index contributed by atoms with van der Waals surface area (Å²) in [6.07, 6.45) is 1.20. The van der Waals surface area contributed by atoms with Crippen LogP contribution >= 0.6 is 0 Å². The molecule has 1 fully saturated rings. The Morgan fingerprint density at radius 1 is 1.32 bits per heavy atom. The molecule has 0 aromatic carbocycles. The highest BCUT2D eigenvalue weighted by atomic mass is 16.5. The number of aliphatic hydroxyl groups is 1. The van der Waals surface area contributed by atoms with Crippen molar-refractivity contribution in [2.24, 2.45) is 0 Å². The lowest BCUT2D eigenvalue weighted by Gasteiger charge is -2.35. The molecule has 0 saturated carbocycles. The van der Waals surface area contributed by atoms with Crippen molar-refractivity contribution in [2.75, 3.05) is 40.5 Å². The molecular formula is C14H30N2O3. The van der Waals surface area contributed by atoms with Crippen molar-refractivity contribution in [3.8, 4) is 0 Å². The fraction of sp³-hybridized carbons (Fsp3) is 1.00. The molecule has 1 rings (SSSR count). The molecular weight excluding hydrogens is 244 g/mol. The van der Waals surface area contributed by atoms with E-state index in [1.54, 1.807) is 14.2 Å². The number of nitrogens with zero attached hydrogens (tertiary/aromatic N) is 1. The van der Waals surface area contributed by atoms with Crippen molar-refractivity contribution >= 4 is 0 Å². The third-order valence-electron chi connectivity index (χ3n) is 4.17. The molecule has 0 aromatic heterocycles. The van der Waals surface area contributed by atoms with Gasteiger partial charge in [0.15, 0.2) is 0 Å². The van der Waals surface area contributed by atoms with Crippen LogP contribution in [0.4, 0.5) is 0 Å². The molecule has 1 heterocycles. The van der Waals surface area contributed by atoms with Crippen molar-refractivity contribution in [3.63, 3.8) is 0 Å². The number of aliphatic hydroxyl groups excluding tert-OH is 1. The highest BCUT2D eigenvalue weighted by Crippen LogP contribution is 2.23. The number of ether oxygens (including phenoxy) is 2. The lowest BCUT2D eigenvalue weighted by molar-refractivity contribution is -0.00461. The average molecular weight is 274 g/mol. The predicted octanol–water partition coefficient (Wildman–Crippen LogP) is 0.471. The van der Waals surface area contributed by atoms with Crippen LogP contribution in [0.1, 0.15) is 27.2 Å². The zero-order chi connectivity index (χ0) is 14.5. The van der Waals surface area contributed by atoms with Crippen molar-refractivity contribution in [2.45, 2.75) is 51.0 Å². The Labute approximate surface area is 117 Å². The van der Waals surface area contributed by atoms with Gasteiger partial charge in [0.2, 0.25) is 0 Å². The maximum Gasteiger partial charge on any atom is 0.0971 e. The second kappa shape index (κ2) is 7.55. The average Bonchev–Trinajstić information content (AvgIpc) is 2.82. The van der Waals surface area contributed by atoms with Gasteiger partial charge in [-0.1, -0.05) is 6.92 Å². The predicted molar refractivity (Wildman–Crippen MR) is 76.4 cm³/mol. The van der Waals surface area contributed by atoms with Crippen LogP contribution in [0.2, 0.25) is 0 Å². The van der Waals surface area contributed by atoms with Crippen molar-refractivity contribution in [1.82, 2.24) is 10.2 Å². The fourth-order valence-electron chi connectivity index (χ4n) is 2.98. The minimum absolute atomic E-state index is 0.145. The van der Waals surface area contributed by atoms with Crippen molar-refractivity contribution < 1.29 is 14.6 Å². The van der Waals surface area contributed by atoms with Crippen LogP contribution < -0.4 is 5.32 Å². The van der Waals surface area contributed by atoms with E-state index in [2.05, 4.69) is 31.0 Å². The van der Waals surface area contributed by atoms with E-state index < -0.39 is 0 Å². The van der Waals surface area contributed by atoms with Gasteiger partial charge in [0.05, 0.1) is 18.8 Å². The van der Waals surface area contributed by atoms with E-state index >= 15 is 0 Å². The van der Waals surface area contributed by atoms with Crippen LogP contribution in [0.5, 0.6) is 0 Å². The van der Waals surface area contributed by atoms with Gasteiger partial charge in [-0.3, -0.25) is 4.90 Å². The molecule has 1 aliphatic heterocycles. The quantitative estimate of drug-likeness (QED) is 0.674. The van der Waals surface area contributed by atoms with Crippen LogP contribution in [-0.2, 0) is 9.47 Å². The van der Waals surface area contributed by atoms with Crippen molar-refractivity contribution in [3.05, 3.63) is 0 Å². The van der Waals surface area contributed by atoms with Crippen LogP contribution in [0.3, 0.4) is 0 Å². The van der Waals surface area contributed by atoms with Gasteiger partial charge in [0.1, 0.15) is 0 Å². The molecule has 4 atom stereocenters. The largest absolute Gasteiger partial charge is 0.394 e. The first-order valence-corrected chi connectivity index (χ1v) is 7.15. The Bertz CT molecular complexity index is 253. The first kappa shape index (κ1) is 16.9. The monoisotopic (exact) mass is 274 g/mol. The number of likely N-dealkylation sites (tertiary alicyclic amines) is 1. The van der Waals surface area contributed by atoms with Gasteiger partial charge in [-0.05, 0) is 26.8 Å². The summed E-state index contributed by atoms with van der Waals surface area (Å²) in [6.45, 7) is 9.15. The van der Waals surface area contributed by atoms with Crippen molar-refractivity contribution in [1.29, 1.82) is 0 Å². The van der Waals surface area contributed by atoms with E-state index in [1.807, 2.05) is 0 Å². The third-order valence-corrected chi connectivity index (χ3v) is 4.17. The SMILES string of the molecule is CCNC(C)(CO)CC(C)N1CC(OC)C(OC)C1. The summed E-state index contributed by atoms with van der Waals surface area (Å²) in [5.74, 6) is 0. The molecule has 2 N–H and O–H groups in total. The zero-order valence-electron chi connectivity index (χ0n) is 13.0. The standard InChI is InChI=1S/C14H30N2O3/c1-6-15-14(3,10-17)7-11(2)16-8-12(18-4)13(9-16)19-5/h11-13,15,17H,6-10H2,1-5H3. The van der Waals surface area contributed by atoms with Gasteiger partial charge in [0, 0.05) is 38.9 Å². The first-order chi connectivity index (χ1) is 8.99. The number of rotatable bonds is 8. The summed E-state index contributed by atoms with van der Waals surface area (Å²) in [6, 6.07) is 0.383. The summed E-state index contributed by atoms with van der Waals surface area (Å²) < 4.78 is 10.9. The van der Waals surface area contributed by atoms with Gasteiger partial charge in [-0.25, -0.2) is 0 Å². The molecule has 1 aliphatic rings. The molecule has 5 heteroatoms. The number of hydrogen-bond acceptors (Lipinski definition) is 5. The Morgan fingerprint density at radius 2 is 1.84 bits per heavy atom. The molecule has 0 bridgehead atoms. The zero-order valence-corrected chi connectivity index (χ0v) is 13.0. The summed E-state index contributed by atoms with van der Waals surface area (Å²) >= 11 is 0. The minimum atomic E-state index is -0.220. The summed E-state index contributed by atoms with van der Waals surface area (Å²) in [5, 5.41) is 12.9. The number of hydrogen-bond donors (Lipinski definition) is 2. The molecule has 0 aromatic rings. The molecule has 4 unspecified atom stereocenters. The number of nitrogens with one attached hydrogen (secondary N) is 1. The molecule has 0 spiro atoms. The Kier molecular flexibility index (Phi) is 6.69. The highest BCUT2D eigenvalue weighted by molar-refractivity contribution is 4.92. The van der Waals surface area contributed by atoms with Gasteiger partial charge < -0.3 is 19.9 Å². The molecule has 19 heavy (non-hydrogen) atoms. The maximum atomic E-state index is 9.57. The van der Waals surface area contributed by atoms with Gasteiger partial charge in [0.25, 0.3) is 0 Å². The maximum absolute atomic E-state index is 9.57. The summed E-state index contributed by atoms with van der Waals surface area (Å²) in [4.78, 5) is 2.38. The second-order valence-corrected chi connectivity index (χ2v) is 5.80.